The van der Waals surface area contributed by atoms with Gasteiger partial charge in [-0.25, -0.2) is 4.99 Å². The Kier molecular flexibility index (Phi) is 4.77. The number of hydrogen-bond donors (Lipinski definition) is 1. The molecule has 0 bridgehead atoms. The molecule has 42 valence electrons. The molecule has 0 aromatic heterocycles. The van der Waals surface area contributed by atoms with Gasteiger partial charge in [0.2, 0.25) is 0 Å². The molecule has 0 radical (unpaired) electrons. The molecular weight excluding hydrogens is 102 g/mol. The standard InChI is InChI=1S/C5H7N3/c1-2-3-7-5-8-4-6/h4-5H,1H3,(H2,6,7,8). The Morgan fingerprint density at radius 3 is 2.88 bits per heavy atom. The van der Waals surface area contributed by atoms with Gasteiger partial charge in [0.05, 0.1) is 6.34 Å². The Morgan fingerprint density at radius 1 is 1.62 bits per heavy atom. The van der Waals surface area contributed by atoms with Gasteiger partial charge in [0.1, 0.15) is 6.34 Å². The van der Waals surface area contributed by atoms with Crippen LogP contribution in [-0.2, 0) is 0 Å². The predicted molar refractivity (Wildman–Crippen MR) is 34.6 cm³/mol. The average Bonchev–Trinajstić information content (AvgIpc) is 1.81. The largest absolute Gasteiger partial charge is 0.390 e. The second-order valence-electron chi connectivity index (χ2n) is 0.905. The number of aliphatic imine (C=N–C) groups is 2. The van der Waals surface area contributed by atoms with Crippen molar-refractivity contribution in [3.63, 3.8) is 0 Å². The van der Waals surface area contributed by atoms with Crippen LogP contribution in [0.2, 0.25) is 0 Å². The van der Waals surface area contributed by atoms with Crippen LogP contribution in [0.25, 0.3) is 0 Å². The monoisotopic (exact) mass is 109 g/mol. The summed E-state index contributed by atoms with van der Waals surface area (Å²) in [5, 5.41) is 0. The third-order valence-electron chi connectivity index (χ3n) is 0.387. The van der Waals surface area contributed by atoms with Crippen molar-refractivity contribution in [1.82, 2.24) is 0 Å². The fourth-order valence-electron chi connectivity index (χ4n) is 0.165. The fraction of sp³-hybridized carbons (Fsp3) is 0.200. The summed E-state index contributed by atoms with van der Waals surface area (Å²) in [5.74, 6) is 2.56. The molecule has 0 aromatic carbocycles. The molecule has 0 rings (SSSR count). The highest BCUT2D eigenvalue weighted by molar-refractivity contribution is 5.70. The first-order valence-corrected chi connectivity index (χ1v) is 2.08. The molecule has 0 aliphatic heterocycles. The number of nitrogens with zero attached hydrogens (tertiary/aromatic N) is 2. The molecule has 2 N–H and O–H groups in total. The number of rotatable bonds is 1. The quantitative estimate of drug-likeness (QED) is 0.287. The van der Waals surface area contributed by atoms with Crippen LogP contribution in [0, 0.1) is 12.0 Å². The molecule has 0 aliphatic rings. The molecule has 0 heterocycles. The predicted octanol–water partition coefficient (Wildman–Crippen LogP) is -0.0175. The van der Waals surface area contributed by atoms with E-state index in [4.69, 9.17) is 5.73 Å². The van der Waals surface area contributed by atoms with E-state index in [2.05, 4.69) is 21.9 Å². The second kappa shape index (κ2) is 5.70. The molecule has 0 fully saturated rings. The van der Waals surface area contributed by atoms with Crippen molar-refractivity contribution in [1.29, 1.82) is 0 Å². The number of hydrogen-bond acceptors (Lipinski definition) is 1. The Balaban J connectivity index is 3.45. The normalized spacial score (nSPS) is 9.62. The molecule has 8 heavy (non-hydrogen) atoms. The van der Waals surface area contributed by atoms with E-state index in [-0.39, 0.29) is 0 Å². The van der Waals surface area contributed by atoms with E-state index in [0.29, 0.717) is 0 Å². The molecule has 0 atom stereocenters. The van der Waals surface area contributed by atoms with E-state index in [1.54, 1.807) is 6.92 Å². The van der Waals surface area contributed by atoms with E-state index < -0.39 is 0 Å². The molecule has 0 saturated heterocycles. The molecule has 3 nitrogen and oxygen atoms in total. The zero-order valence-electron chi connectivity index (χ0n) is 4.63. The van der Waals surface area contributed by atoms with Gasteiger partial charge in [-0.2, -0.15) is 4.99 Å². The van der Waals surface area contributed by atoms with Gasteiger partial charge >= 0.3 is 0 Å². The Morgan fingerprint density at radius 2 is 2.38 bits per heavy atom. The summed E-state index contributed by atoms with van der Waals surface area (Å²) in [6, 6.07) is 2.43. The van der Waals surface area contributed by atoms with E-state index in [1.165, 1.54) is 6.34 Å². The zero-order valence-corrected chi connectivity index (χ0v) is 4.63. The molecule has 0 amide bonds. The second-order valence-corrected chi connectivity index (χ2v) is 0.905. The van der Waals surface area contributed by atoms with Crippen molar-refractivity contribution in [3.8, 4) is 12.0 Å². The molecule has 0 aliphatic carbocycles. The summed E-state index contributed by atoms with van der Waals surface area (Å²) in [6.45, 7) is 1.70. The van der Waals surface area contributed by atoms with Crippen LogP contribution in [0.3, 0.4) is 0 Å². The highest BCUT2D eigenvalue weighted by Gasteiger charge is 1.54. The van der Waals surface area contributed by atoms with Crippen molar-refractivity contribution in [3.05, 3.63) is 0 Å². The van der Waals surface area contributed by atoms with Crippen LogP contribution >= 0.6 is 0 Å². The van der Waals surface area contributed by atoms with Gasteiger partial charge in [-0.3, -0.25) is 0 Å². The van der Waals surface area contributed by atoms with Crippen LogP contribution in [-0.4, -0.2) is 12.7 Å². The molecule has 0 unspecified atom stereocenters. The lowest BCUT2D eigenvalue weighted by Crippen LogP contribution is -1.86. The Labute approximate surface area is 48.3 Å². The highest BCUT2D eigenvalue weighted by Crippen LogP contribution is 1.58. The summed E-state index contributed by atoms with van der Waals surface area (Å²) in [5.41, 5.74) is 4.88. The minimum absolute atomic E-state index is 1.15. The number of nitrogens with two attached hydrogens (primary N) is 1. The van der Waals surface area contributed by atoms with Gasteiger partial charge in [-0.15, -0.1) is 0 Å². The summed E-state index contributed by atoms with van der Waals surface area (Å²) >= 11 is 0. The molecule has 3 heteroatoms. The average molecular weight is 109 g/mol. The minimum atomic E-state index is 1.15. The topological polar surface area (TPSA) is 50.7 Å². The summed E-state index contributed by atoms with van der Waals surface area (Å²) in [7, 11) is 0. The van der Waals surface area contributed by atoms with Crippen molar-refractivity contribution >= 4 is 12.7 Å². The molecule has 0 aromatic rings. The molecular formula is C5H7N3. The third kappa shape index (κ3) is 4.70. The van der Waals surface area contributed by atoms with E-state index in [1.807, 2.05) is 0 Å². The van der Waals surface area contributed by atoms with Crippen molar-refractivity contribution in [2.75, 3.05) is 0 Å². The summed E-state index contributed by atoms with van der Waals surface area (Å²) in [6.07, 6.45) is 2.44. The van der Waals surface area contributed by atoms with Gasteiger partial charge in [0, 0.05) is 6.04 Å². The molecule has 0 spiro atoms. The lowest BCUT2D eigenvalue weighted by Gasteiger charge is -1.66. The van der Waals surface area contributed by atoms with Crippen molar-refractivity contribution in [2.45, 2.75) is 6.92 Å². The SMILES string of the molecule is CC#C/N=C\N=C/N. The summed E-state index contributed by atoms with van der Waals surface area (Å²) < 4.78 is 0. The first-order chi connectivity index (χ1) is 3.91. The lowest BCUT2D eigenvalue weighted by molar-refractivity contribution is 1.61. The zero-order chi connectivity index (χ0) is 6.24. The smallest absolute Gasteiger partial charge is 0.127 e. The molecule has 0 saturated carbocycles. The highest BCUT2D eigenvalue weighted by atomic mass is 14.9. The van der Waals surface area contributed by atoms with E-state index in [9.17, 15) is 0 Å². The van der Waals surface area contributed by atoms with Crippen LogP contribution in [0.1, 0.15) is 6.92 Å². The lowest BCUT2D eigenvalue weighted by atomic mass is 10.8. The minimum Gasteiger partial charge on any atom is -0.390 e. The van der Waals surface area contributed by atoms with Crippen molar-refractivity contribution in [2.24, 2.45) is 15.7 Å². The third-order valence-corrected chi connectivity index (χ3v) is 0.387. The van der Waals surface area contributed by atoms with Crippen molar-refractivity contribution < 1.29 is 0 Å². The van der Waals surface area contributed by atoms with Gasteiger partial charge in [0.15, 0.2) is 0 Å². The Bertz CT molecular complexity index is 147. The van der Waals surface area contributed by atoms with E-state index in [0.717, 1.165) is 6.34 Å². The van der Waals surface area contributed by atoms with Gasteiger partial charge < -0.3 is 5.73 Å². The maximum atomic E-state index is 4.88. The fourth-order valence-corrected chi connectivity index (χ4v) is 0.165. The van der Waals surface area contributed by atoms with Gasteiger partial charge in [-0.1, -0.05) is 5.92 Å². The van der Waals surface area contributed by atoms with Crippen LogP contribution in [0.5, 0.6) is 0 Å². The van der Waals surface area contributed by atoms with Crippen LogP contribution in [0.4, 0.5) is 0 Å². The van der Waals surface area contributed by atoms with Crippen LogP contribution < -0.4 is 5.73 Å². The van der Waals surface area contributed by atoms with Gasteiger partial charge in [0.25, 0.3) is 0 Å². The summed E-state index contributed by atoms with van der Waals surface area (Å²) in [4.78, 5) is 6.98. The van der Waals surface area contributed by atoms with E-state index >= 15 is 0 Å². The van der Waals surface area contributed by atoms with Gasteiger partial charge in [-0.05, 0) is 6.92 Å². The first-order valence-electron chi connectivity index (χ1n) is 2.08. The van der Waals surface area contributed by atoms with Crippen LogP contribution in [0.15, 0.2) is 9.98 Å². The Hall–Kier alpha value is -1.30. The maximum Gasteiger partial charge on any atom is 0.127 e. The first kappa shape index (κ1) is 6.70. The maximum absolute atomic E-state index is 4.88.